The van der Waals surface area contributed by atoms with Gasteiger partial charge in [-0.2, -0.15) is 5.26 Å². The van der Waals surface area contributed by atoms with Gasteiger partial charge in [-0.1, -0.05) is 24.3 Å². The number of hydrogen-bond donors (Lipinski definition) is 2. The molecule has 0 fully saturated rings. The SMILES string of the molecule is COc1cc(OC)c2ncc(C#N)c(NCC3NCCc4ccccc43)c2c1. The maximum atomic E-state index is 9.62. The van der Waals surface area contributed by atoms with Crippen LogP contribution in [0.5, 0.6) is 11.5 Å². The van der Waals surface area contributed by atoms with Crippen LogP contribution in [0.1, 0.15) is 22.7 Å². The van der Waals surface area contributed by atoms with Gasteiger partial charge in [0.05, 0.1) is 25.5 Å². The second-order valence-electron chi connectivity index (χ2n) is 6.72. The van der Waals surface area contributed by atoms with E-state index in [1.165, 1.54) is 11.1 Å². The lowest BCUT2D eigenvalue weighted by Crippen LogP contribution is -2.34. The summed E-state index contributed by atoms with van der Waals surface area (Å²) in [5.74, 6) is 1.27. The number of nitrogens with one attached hydrogen (secondary N) is 2. The van der Waals surface area contributed by atoms with Crippen LogP contribution in [-0.2, 0) is 6.42 Å². The van der Waals surface area contributed by atoms with Gasteiger partial charge in [-0.3, -0.25) is 4.98 Å². The predicted molar refractivity (Wildman–Crippen MR) is 109 cm³/mol. The molecule has 0 saturated carbocycles. The molecule has 1 atom stereocenters. The zero-order valence-corrected chi connectivity index (χ0v) is 16.0. The Kier molecular flexibility index (Phi) is 5.00. The zero-order valence-electron chi connectivity index (χ0n) is 16.0. The normalized spacial score (nSPS) is 15.5. The molecule has 142 valence electrons. The topological polar surface area (TPSA) is 79.2 Å². The lowest BCUT2D eigenvalue weighted by atomic mass is 9.94. The number of anilines is 1. The van der Waals surface area contributed by atoms with Crippen LogP contribution in [0.3, 0.4) is 0 Å². The highest BCUT2D eigenvalue weighted by atomic mass is 16.5. The van der Waals surface area contributed by atoms with Gasteiger partial charge < -0.3 is 20.1 Å². The third-order valence-electron chi connectivity index (χ3n) is 5.18. The summed E-state index contributed by atoms with van der Waals surface area (Å²) in [6, 6.07) is 14.6. The average molecular weight is 374 g/mol. The minimum Gasteiger partial charge on any atom is -0.497 e. The average Bonchev–Trinajstić information content (AvgIpc) is 2.76. The fourth-order valence-electron chi connectivity index (χ4n) is 3.77. The Hall–Kier alpha value is -3.30. The number of nitrogens with zero attached hydrogens (tertiary/aromatic N) is 2. The lowest BCUT2D eigenvalue weighted by molar-refractivity contribution is 0.397. The molecule has 28 heavy (non-hydrogen) atoms. The fourth-order valence-corrected chi connectivity index (χ4v) is 3.77. The first kappa shape index (κ1) is 18.1. The molecule has 0 spiro atoms. The van der Waals surface area contributed by atoms with E-state index in [4.69, 9.17) is 9.47 Å². The van der Waals surface area contributed by atoms with Crippen molar-refractivity contribution in [2.75, 3.05) is 32.6 Å². The Balaban J connectivity index is 1.73. The van der Waals surface area contributed by atoms with Gasteiger partial charge in [0.2, 0.25) is 0 Å². The number of pyridine rings is 1. The molecule has 0 bridgehead atoms. The molecular formula is C22H22N4O2. The summed E-state index contributed by atoms with van der Waals surface area (Å²) in [6.45, 7) is 1.59. The van der Waals surface area contributed by atoms with Gasteiger partial charge in [0.15, 0.2) is 0 Å². The molecular weight excluding hydrogens is 352 g/mol. The molecule has 3 aromatic rings. The number of hydrogen-bond acceptors (Lipinski definition) is 6. The van der Waals surface area contributed by atoms with Gasteiger partial charge in [-0.25, -0.2) is 0 Å². The number of nitriles is 1. The third-order valence-corrected chi connectivity index (χ3v) is 5.18. The van der Waals surface area contributed by atoms with Gasteiger partial charge in [-0.15, -0.1) is 0 Å². The van der Waals surface area contributed by atoms with E-state index in [0.29, 0.717) is 29.1 Å². The van der Waals surface area contributed by atoms with E-state index in [1.54, 1.807) is 26.5 Å². The smallest absolute Gasteiger partial charge is 0.148 e. The minimum absolute atomic E-state index is 0.173. The van der Waals surface area contributed by atoms with Crippen molar-refractivity contribution in [1.29, 1.82) is 5.26 Å². The van der Waals surface area contributed by atoms with Crippen LogP contribution >= 0.6 is 0 Å². The summed E-state index contributed by atoms with van der Waals surface area (Å²) < 4.78 is 10.9. The number of ether oxygens (including phenoxy) is 2. The van der Waals surface area contributed by atoms with Gasteiger partial charge in [0.1, 0.15) is 23.1 Å². The van der Waals surface area contributed by atoms with Crippen LogP contribution in [0.25, 0.3) is 10.9 Å². The molecule has 0 radical (unpaired) electrons. The number of fused-ring (bicyclic) bond motifs is 2. The van der Waals surface area contributed by atoms with E-state index in [0.717, 1.165) is 24.0 Å². The Bertz CT molecular complexity index is 1060. The monoisotopic (exact) mass is 374 g/mol. The van der Waals surface area contributed by atoms with Crippen molar-refractivity contribution in [3.05, 3.63) is 59.3 Å². The first-order valence-corrected chi connectivity index (χ1v) is 9.25. The van der Waals surface area contributed by atoms with Crippen LogP contribution in [0.4, 0.5) is 5.69 Å². The molecule has 2 aromatic carbocycles. The molecule has 6 nitrogen and oxygen atoms in total. The van der Waals surface area contributed by atoms with E-state index in [-0.39, 0.29) is 6.04 Å². The van der Waals surface area contributed by atoms with E-state index in [2.05, 4.69) is 46.0 Å². The van der Waals surface area contributed by atoms with Crippen molar-refractivity contribution in [2.24, 2.45) is 0 Å². The Labute approximate surface area is 164 Å². The number of benzene rings is 2. The van der Waals surface area contributed by atoms with Crippen LogP contribution in [-0.4, -0.2) is 32.3 Å². The summed E-state index contributed by atoms with van der Waals surface area (Å²) in [5, 5.41) is 17.5. The van der Waals surface area contributed by atoms with Crippen molar-refractivity contribution in [1.82, 2.24) is 10.3 Å². The van der Waals surface area contributed by atoms with Gasteiger partial charge >= 0.3 is 0 Å². The second-order valence-corrected chi connectivity index (χ2v) is 6.72. The lowest BCUT2D eigenvalue weighted by Gasteiger charge is -2.28. The summed E-state index contributed by atoms with van der Waals surface area (Å²) in [7, 11) is 3.21. The Morgan fingerprint density at radius 1 is 1.25 bits per heavy atom. The molecule has 0 amide bonds. The van der Waals surface area contributed by atoms with Crippen molar-refractivity contribution in [3.8, 4) is 17.6 Å². The maximum absolute atomic E-state index is 9.62. The van der Waals surface area contributed by atoms with Crippen LogP contribution in [0, 0.1) is 11.3 Å². The molecule has 0 aliphatic carbocycles. The molecule has 1 aliphatic rings. The van der Waals surface area contributed by atoms with Crippen LogP contribution < -0.4 is 20.1 Å². The van der Waals surface area contributed by atoms with Gasteiger partial charge in [-0.05, 0) is 30.2 Å². The van der Waals surface area contributed by atoms with Crippen molar-refractivity contribution >= 4 is 16.6 Å². The molecule has 1 unspecified atom stereocenters. The highest BCUT2D eigenvalue weighted by Gasteiger charge is 2.20. The number of rotatable bonds is 5. The fraction of sp³-hybridized carbons (Fsp3) is 0.273. The summed E-state index contributed by atoms with van der Waals surface area (Å²) in [5.41, 5.74) is 4.60. The van der Waals surface area contributed by atoms with E-state index < -0.39 is 0 Å². The first-order valence-electron chi connectivity index (χ1n) is 9.25. The number of methoxy groups -OCH3 is 2. The molecule has 6 heteroatoms. The van der Waals surface area contributed by atoms with Crippen LogP contribution in [0.15, 0.2) is 42.6 Å². The first-order chi connectivity index (χ1) is 13.7. The summed E-state index contributed by atoms with van der Waals surface area (Å²) in [6.07, 6.45) is 2.62. The molecule has 2 heterocycles. The summed E-state index contributed by atoms with van der Waals surface area (Å²) >= 11 is 0. The minimum atomic E-state index is 0.173. The third kappa shape index (κ3) is 3.21. The molecule has 0 saturated heterocycles. The molecule has 1 aromatic heterocycles. The van der Waals surface area contributed by atoms with Crippen molar-refractivity contribution in [3.63, 3.8) is 0 Å². The predicted octanol–water partition coefficient (Wildman–Crippen LogP) is 3.42. The standard InChI is InChI=1S/C22H22N4O2/c1-27-16-9-18-21(15(11-23)12-25-22(18)20(10-16)28-2)26-13-19-17-6-4-3-5-14(17)7-8-24-19/h3-6,9-10,12,19,24H,7-8,13H2,1-2H3,(H,25,26). The Morgan fingerprint density at radius 3 is 2.89 bits per heavy atom. The van der Waals surface area contributed by atoms with Crippen molar-refractivity contribution in [2.45, 2.75) is 12.5 Å². The molecule has 2 N–H and O–H groups in total. The second kappa shape index (κ2) is 7.75. The molecule has 4 rings (SSSR count). The van der Waals surface area contributed by atoms with E-state index >= 15 is 0 Å². The summed E-state index contributed by atoms with van der Waals surface area (Å²) in [4.78, 5) is 4.43. The number of aromatic nitrogens is 1. The highest BCUT2D eigenvalue weighted by Crippen LogP contribution is 2.36. The van der Waals surface area contributed by atoms with Crippen molar-refractivity contribution < 1.29 is 9.47 Å². The largest absolute Gasteiger partial charge is 0.497 e. The maximum Gasteiger partial charge on any atom is 0.148 e. The van der Waals surface area contributed by atoms with E-state index in [1.807, 2.05) is 6.07 Å². The van der Waals surface area contributed by atoms with Crippen LogP contribution in [0.2, 0.25) is 0 Å². The Morgan fingerprint density at radius 2 is 2.11 bits per heavy atom. The highest BCUT2D eigenvalue weighted by molar-refractivity contribution is 5.98. The van der Waals surface area contributed by atoms with E-state index in [9.17, 15) is 5.26 Å². The van der Waals surface area contributed by atoms with Gasteiger partial charge in [0.25, 0.3) is 0 Å². The zero-order chi connectivity index (χ0) is 19.5. The molecule has 1 aliphatic heterocycles. The quantitative estimate of drug-likeness (QED) is 0.712. The van der Waals surface area contributed by atoms with Gasteiger partial charge in [0, 0.05) is 30.2 Å².